The molecule has 1 aliphatic rings. The predicted molar refractivity (Wildman–Crippen MR) is 83.4 cm³/mol. The molecule has 0 saturated heterocycles. The maximum absolute atomic E-state index is 5.86. The number of nitrogens with two attached hydrogens (primary N) is 1. The van der Waals surface area contributed by atoms with Crippen LogP contribution in [0.5, 0.6) is 0 Å². The van der Waals surface area contributed by atoms with E-state index >= 15 is 0 Å². The topological polar surface area (TPSA) is 38.0 Å². The van der Waals surface area contributed by atoms with E-state index in [4.69, 9.17) is 5.84 Å². The van der Waals surface area contributed by atoms with E-state index in [9.17, 15) is 0 Å². The van der Waals surface area contributed by atoms with Gasteiger partial charge >= 0.3 is 0 Å². The summed E-state index contributed by atoms with van der Waals surface area (Å²) < 4.78 is 0. The number of hydrazine groups is 1. The lowest BCUT2D eigenvalue weighted by Gasteiger charge is -2.32. The zero-order valence-electron chi connectivity index (χ0n) is 11.8. The fraction of sp³-hybridized carbons (Fsp3) is 0.333. The van der Waals surface area contributed by atoms with Gasteiger partial charge in [0, 0.05) is 12.0 Å². The van der Waals surface area contributed by atoms with Crippen LogP contribution in [-0.4, -0.2) is 6.04 Å². The van der Waals surface area contributed by atoms with Crippen LogP contribution < -0.4 is 11.3 Å². The van der Waals surface area contributed by atoms with E-state index in [1.165, 1.54) is 36.0 Å². The summed E-state index contributed by atoms with van der Waals surface area (Å²) in [6.07, 6.45) is 4.67. The molecule has 2 atom stereocenters. The molecule has 2 aromatic rings. The van der Waals surface area contributed by atoms with Crippen LogP contribution in [0.2, 0.25) is 0 Å². The molecule has 104 valence electrons. The highest BCUT2D eigenvalue weighted by atomic mass is 15.2. The van der Waals surface area contributed by atoms with Crippen molar-refractivity contribution < 1.29 is 0 Å². The molecule has 2 unspecified atom stereocenters. The van der Waals surface area contributed by atoms with E-state index in [0.29, 0.717) is 12.0 Å². The van der Waals surface area contributed by atoms with Gasteiger partial charge in [0.2, 0.25) is 0 Å². The van der Waals surface area contributed by atoms with Crippen molar-refractivity contribution in [1.82, 2.24) is 5.43 Å². The highest BCUT2D eigenvalue weighted by Gasteiger charge is 2.27. The maximum Gasteiger partial charge on any atom is 0.0319 e. The Labute approximate surface area is 121 Å². The third-order valence-corrected chi connectivity index (χ3v) is 4.41. The van der Waals surface area contributed by atoms with Crippen LogP contribution in [-0.2, 0) is 12.8 Å². The van der Waals surface area contributed by atoms with Gasteiger partial charge in [0.15, 0.2) is 0 Å². The zero-order valence-corrected chi connectivity index (χ0v) is 11.8. The Morgan fingerprint density at radius 2 is 1.80 bits per heavy atom. The Morgan fingerprint density at radius 3 is 2.60 bits per heavy atom. The number of aryl methyl sites for hydroxylation is 1. The molecule has 0 fully saturated rings. The molecule has 2 heteroatoms. The fourth-order valence-corrected chi connectivity index (χ4v) is 3.39. The first-order valence-corrected chi connectivity index (χ1v) is 7.46. The van der Waals surface area contributed by atoms with E-state index in [-0.39, 0.29) is 0 Å². The molecule has 0 spiro atoms. The Kier molecular flexibility index (Phi) is 4.14. The smallest absolute Gasteiger partial charge is 0.0319 e. The second-order valence-electron chi connectivity index (χ2n) is 5.66. The number of fused-ring (bicyclic) bond motifs is 1. The molecule has 0 aliphatic heterocycles. The normalized spacial score (nSPS) is 19.4. The average molecular weight is 266 g/mol. The average Bonchev–Trinajstić information content (AvgIpc) is 2.53. The van der Waals surface area contributed by atoms with Crippen molar-refractivity contribution in [3.05, 3.63) is 71.3 Å². The van der Waals surface area contributed by atoms with Crippen molar-refractivity contribution in [2.75, 3.05) is 0 Å². The van der Waals surface area contributed by atoms with Crippen molar-refractivity contribution >= 4 is 0 Å². The SMILES string of the molecule is NNC(Cc1ccccc1)C1CCCc2ccccc21. The summed E-state index contributed by atoms with van der Waals surface area (Å²) in [4.78, 5) is 0. The Bertz CT molecular complexity index is 550. The number of hydrogen-bond acceptors (Lipinski definition) is 2. The molecule has 0 bridgehead atoms. The third-order valence-electron chi connectivity index (χ3n) is 4.41. The van der Waals surface area contributed by atoms with Crippen LogP contribution >= 0.6 is 0 Å². The summed E-state index contributed by atoms with van der Waals surface area (Å²) >= 11 is 0. The van der Waals surface area contributed by atoms with Crippen LogP contribution in [0.1, 0.15) is 35.4 Å². The van der Waals surface area contributed by atoms with Gasteiger partial charge in [0.25, 0.3) is 0 Å². The van der Waals surface area contributed by atoms with Crippen LogP contribution in [0.15, 0.2) is 54.6 Å². The van der Waals surface area contributed by atoms with Crippen LogP contribution in [0.4, 0.5) is 0 Å². The lowest BCUT2D eigenvalue weighted by Crippen LogP contribution is -2.42. The predicted octanol–water partition coefficient (Wildman–Crippen LogP) is 3.18. The van der Waals surface area contributed by atoms with E-state index in [2.05, 4.69) is 60.0 Å². The van der Waals surface area contributed by atoms with Crippen LogP contribution in [0, 0.1) is 0 Å². The van der Waals surface area contributed by atoms with Crippen molar-refractivity contribution in [3.8, 4) is 0 Å². The molecule has 2 nitrogen and oxygen atoms in total. The van der Waals surface area contributed by atoms with Crippen molar-refractivity contribution in [2.45, 2.75) is 37.6 Å². The van der Waals surface area contributed by atoms with Crippen molar-refractivity contribution in [1.29, 1.82) is 0 Å². The van der Waals surface area contributed by atoms with Crippen molar-refractivity contribution in [2.24, 2.45) is 5.84 Å². The van der Waals surface area contributed by atoms with Crippen LogP contribution in [0.3, 0.4) is 0 Å². The molecule has 20 heavy (non-hydrogen) atoms. The largest absolute Gasteiger partial charge is 0.271 e. The maximum atomic E-state index is 5.86. The van der Waals surface area contributed by atoms with Gasteiger partial charge in [0.05, 0.1) is 0 Å². The molecule has 1 aliphatic carbocycles. The van der Waals surface area contributed by atoms with Crippen LogP contribution in [0.25, 0.3) is 0 Å². The van der Waals surface area contributed by atoms with Gasteiger partial charge < -0.3 is 0 Å². The molecule has 0 amide bonds. The molecular weight excluding hydrogens is 244 g/mol. The molecule has 2 aromatic carbocycles. The van der Waals surface area contributed by atoms with Gasteiger partial charge in [-0.25, -0.2) is 0 Å². The van der Waals surface area contributed by atoms with Gasteiger partial charge in [-0.1, -0.05) is 54.6 Å². The van der Waals surface area contributed by atoms with E-state index < -0.39 is 0 Å². The van der Waals surface area contributed by atoms with E-state index in [0.717, 1.165) is 6.42 Å². The Balaban J connectivity index is 1.84. The van der Waals surface area contributed by atoms with Gasteiger partial charge in [-0.05, 0) is 42.4 Å². The summed E-state index contributed by atoms with van der Waals surface area (Å²) in [5.74, 6) is 6.38. The minimum Gasteiger partial charge on any atom is -0.271 e. The lowest BCUT2D eigenvalue weighted by molar-refractivity contribution is 0.395. The first-order valence-electron chi connectivity index (χ1n) is 7.46. The molecule has 0 radical (unpaired) electrons. The second-order valence-corrected chi connectivity index (χ2v) is 5.66. The molecule has 0 heterocycles. The minimum absolute atomic E-state index is 0.304. The summed E-state index contributed by atoms with van der Waals surface area (Å²) in [6, 6.07) is 19.7. The summed E-state index contributed by atoms with van der Waals surface area (Å²) in [5.41, 5.74) is 7.39. The first kappa shape index (κ1) is 13.3. The summed E-state index contributed by atoms with van der Waals surface area (Å²) in [7, 11) is 0. The number of nitrogens with one attached hydrogen (secondary N) is 1. The van der Waals surface area contributed by atoms with Gasteiger partial charge in [-0.2, -0.15) is 0 Å². The molecule has 0 saturated carbocycles. The number of rotatable bonds is 4. The third kappa shape index (κ3) is 2.77. The minimum atomic E-state index is 0.304. The Hall–Kier alpha value is -1.64. The number of hydrogen-bond donors (Lipinski definition) is 2. The summed E-state index contributed by atoms with van der Waals surface area (Å²) in [6.45, 7) is 0. The van der Waals surface area contributed by atoms with Crippen molar-refractivity contribution in [3.63, 3.8) is 0 Å². The molecule has 3 N–H and O–H groups in total. The lowest BCUT2D eigenvalue weighted by atomic mass is 9.77. The molecule has 3 rings (SSSR count). The first-order chi connectivity index (χ1) is 9.88. The van der Waals surface area contributed by atoms with Gasteiger partial charge in [-0.3, -0.25) is 11.3 Å². The quantitative estimate of drug-likeness (QED) is 0.659. The standard InChI is InChI=1S/C18H22N2/c19-20-18(13-14-7-2-1-3-8-14)17-12-6-10-15-9-4-5-11-16(15)17/h1-5,7-9,11,17-18,20H,6,10,12-13,19H2. The highest BCUT2D eigenvalue weighted by Crippen LogP contribution is 2.34. The van der Waals surface area contributed by atoms with Gasteiger partial charge in [0.1, 0.15) is 0 Å². The zero-order chi connectivity index (χ0) is 13.8. The highest BCUT2D eigenvalue weighted by molar-refractivity contribution is 5.34. The fourth-order valence-electron chi connectivity index (χ4n) is 3.39. The molecule has 0 aromatic heterocycles. The van der Waals surface area contributed by atoms with Gasteiger partial charge in [-0.15, -0.1) is 0 Å². The Morgan fingerprint density at radius 1 is 1.05 bits per heavy atom. The molecular formula is C18H22N2. The summed E-state index contributed by atoms with van der Waals surface area (Å²) in [5, 5.41) is 0. The monoisotopic (exact) mass is 266 g/mol. The van der Waals surface area contributed by atoms with E-state index in [1.54, 1.807) is 0 Å². The van der Waals surface area contributed by atoms with E-state index in [1.807, 2.05) is 0 Å². The number of benzene rings is 2. The second kappa shape index (κ2) is 6.21.